The Morgan fingerprint density at radius 1 is 1.86 bits per heavy atom. The number of carbonyl (C=O) groups excluding carboxylic acids is 1. The van der Waals surface area contributed by atoms with E-state index in [1.54, 1.807) is 0 Å². The van der Waals surface area contributed by atoms with Crippen molar-refractivity contribution in [3.8, 4) is 0 Å². The van der Waals surface area contributed by atoms with Crippen molar-refractivity contribution in [2.45, 2.75) is 0 Å². The first-order valence-electron chi connectivity index (χ1n) is 1.48. The van der Waals surface area contributed by atoms with Gasteiger partial charge >= 0.3 is 5.97 Å². The molecule has 0 spiro atoms. The zero-order valence-corrected chi connectivity index (χ0v) is 4.20. The van der Waals surface area contributed by atoms with Crippen molar-refractivity contribution < 1.29 is 14.7 Å². The van der Waals surface area contributed by atoms with Crippen LogP contribution in [0.2, 0.25) is 0 Å². The molecule has 1 N–H and O–H groups in total. The minimum absolute atomic E-state index is 0.191. The van der Waals surface area contributed by atoms with E-state index >= 15 is 0 Å². The van der Waals surface area contributed by atoms with E-state index in [0.717, 1.165) is 0 Å². The third-order valence-electron chi connectivity index (χ3n) is 0.255. The summed E-state index contributed by atoms with van der Waals surface area (Å²) in [4.78, 5) is 18.8. The summed E-state index contributed by atoms with van der Waals surface area (Å²) < 4.78 is 0. The second-order valence-corrected chi connectivity index (χ2v) is 1.51. The fraction of sp³-hybridized carbons (Fsp3) is 0.333. The maximum Gasteiger partial charge on any atom is 0.313 e. The van der Waals surface area contributed by atoms with Crippen LogP contribution in [-0.2, 0) is 9.59 Å². The average Bonchev–Trinajstić information content (AvgIpc) is 1.61. The van der Waals surface area contributed by atoms with Crippen LogP contribution in [0, 0.1) is 0 Å². The third kappa shape index (κ3) is 5.49. The first-order chi connectivity index (χ1) is 3.27. The highest BCUT2D eigenvalue weighted by Gasteiger charge is 1.92. The summed E-state index contributed by atoms with van der Waals surface area (Å²) in [6, 6.07) is 0. The van der Waals surface area contributed by atoms with Crippen molar-refractivity contribution in [1.82, 2.24) is 0 Å². The van der Waals surface area contributed by atoms with Crippen molar-refractivity contribution in [3.05, 3.63) is 0 Å². The number of carboxylic acid groups (broad SMARTS) is 1. The van der Waals surface area contributed by atoms with Crippen molar-refractivity contribution in [2.75, 3.05) is 5.75 Å². The van der Waals surface area contributed by atoms with Crippen LogP contribution in [0.3, 0.4) is 0 Å². The molecule has 0 unspecified atom stereocenters. The Morgan fingerprint density at radius 2 is 2.43 bits per heavy atom. The molecule has 0 rings (SSSR count). The Hall–Kier alpha value is -0.510. The molecule has 0 atom stereocenters. The summed E-state index contributed by atoms with van der Waals surface area (Å²) in [6.07, 6.45) is 0. The molecule has 1 radical (unpaired) electrons. The zero-order chi connectivity index (χ0) is 5.70. The van der Waals surface area contributed by atoms with Crippen molar-refractivity contribution >= 4 is 23.3 Å². The normalized spacial score (nSPS) is 8.00. The van der Waals surface area contributed by atoms with E-state index in [-0.39, 0.29) is 5.75 Å². The van der Waals surface area contributed by atoms with Gasteiger partial charge in [-0.15, -0.1) is 0 Å². The predicted octanol–water partition coefficient (Wildman–Crippen LogP) is -0.129. The molecule has 3 nitrogen and oxygen atoms in total. The molecule has 0 aromatic heterocycles. The van der Waals surface area contributed by atoms with Crippen LogP contribution >= 0.6 is 11.8 Å². The molecule has 0 aliphatic heterocycles. The van der Waals surface area contributed by atoms with Crippen LogP contribution in [0.15, 0.2) is 0 Å². The molecule has 0 aliphatic carbocycles. The van der Waals surface area contributed by atoms with Crippen molar-refractivity contribution in [3.63, 3.8) is 0 Å². The maximum absolute atomic E-state index is 9.56. The zero-order valence-electron chi connectivity index (χ0n) is 3.38. The highest BCUT2D eigenvalue weighted by atomic mass is 32.2. The van der Waals surface area contributed by atoms with E-state index in [2.05, 4.69) is 0 Å². The number of thioether (sulfide) groups is 1. The maximum atomic E-state index is 9.56. The van der Waals surface area contributed by atoms with E-state index in [0.29, 0.717) is 11.8 Å². The molecule has 4 heteroatoms. The predicted molar refractivity (Wildman–Crippen MR) is 25.8 cm³/mol. The smallest absolute Gasteiger partial charge is 0.313 e. The van der Waals surface area contributed by atoms with Crippen LogP contribution in [0.25, 0.3) is 0 Å². The first-order valence-corrected chi connectivity index (χ1v) is 2.46. The molecular weight excluding hydrogens is 116 g/mol. The average molecular weight is 119 g/mol. The van der Waals surface area contributed by atoms with Gasteiger partial charge in [0.15, 0.2) is 0 Å². The third-order valence-corrected chi connectivity index (χ3v) is 0.764. The lowest BCUT2D eigenvalue weighted by molar-refractivity contribution is -0.133. The van der Waals surface area contributed by atoms with Crippen molar-refractivity contribution in [2.24, 2.45) is 0 Å². The summed E-state index contributed by atoms with van der Waals surface area (Å²) in [6.45, 7) is 0. The van der Waals surface area contributed by atoms with Gasteiger partial charge in [0.1, 0.15) is 0 Å². The van der Waals surface area contributed by atoms with Gasteiger partial charge in [0, 0.05) is 0 Å². The monoisotopic (exact) mass is 119 g/mol. The number of hydrogen-bond acceptors (Lipinski definition) is 3. The highest BCUT2D eigenvalue weighted by Crippen LogP contribution is 1.89. The van der Waals surface area contributed by atoms with Gasteiger partial charge in [-0.25, -0.2) is 0 Å². The molecule has 0 aromatic rings. The Kier molecular flexibility index (Phi) is 3.40. The molecule has 0 heterocycles. The van der Waals surface area contributed by atoms with Crippen LogP contribution in [0.4, 0.5) is 0 Å². The van der Waals surface area contributed by atoms with Crippen molar-refractivity contribution in [1.29, 1.82) is 0 Å². The molecule has 0 aliphatic rings. The van der Waals surface area contributed by atoms with Gasteiger partial charge in [0.25, 0.3) is 5.62 Å². The quantitative estimate of drug-likeness (QED) is 0.562. The number of carbonyl (C=O) groups is 1. The summed E-state index contributed by atoms with van der Waals surface area (Å²) >= 11 is 0.611. The second kappa shape index (κ2) is 3.67. The fourth-order valence-electron chi connectivity index (χ4n) is 0.0912. The van der Waals surface area contributed by atoms with Gasteiger partial charge < -0.3 is 5.11 Å². The summed E-state index contributed by atoms with van der Waals surface area (Å²) in [5.74, 6) is -1.18. The Bertz CT molecular complexity index is 80.2. The Labute approximate surface area is 44.7 Å². The lowest BCUT2D eigenvalue weighted by Crippen LogP contribution is -1.96. The number of aliphatic carboxylic acids is 1. The molecular formula is C3H3O3S. The van der Waals surface area contributed by atoms with Crippen LogP contribution in [-0.4, -0.2) is 22.4 Å². The summed E-state index contributed by atoms with van der Waals surface area (Å²) in [5.41, 5.74) is 1.38. The van der Waals surface area contributed by atoms with Gasteiger partial charge in [-0.3, -0.25) is 9.59 Å². The fourth-order valence-corrected chi connectivity index (χ4v) is 0.274. The van der Waals surface area contributed by atoms with E-state index in [9.17, 15) is 9.59 Å². The lowest BCUT2D eigenvalue weighted by atomic mass is 10.8. The molecule has 0 bridgehead atoms. The molecule has 39 valence electrons. The van der Waals surface area contributed by atoms with E-state index in [4.69, 9.17) is 5.11 Å². The molecule has 0 fully saturated rings. The summed E-state index contributed by atoms with van der Waals surface area (Å²) in [5, 5.41) is 7.84. The van der Waals surface area contributed by atoms with E-state index in [1.807, 2.05) is 0 Å². The molecule has 7 heavy (non-hydrogen) atoms. The van der Waals surface area contributed by atoms with Gasteiger partial charge in [0.2, 0.25) is 0 Å². The second-order valence-electron chi connectivity index (χ2n) is 0.766. The standard InChI is InChI=1S/C3H3O3S/c4-2-7-1-3(5)6/h1H2,(H,5,6). The molecule has 0 amide bonds. The number of carboxylic acids is 1. The largest absolute Gasteiger partial charge is 0.481 e. The van der Waals surface area contributed by atoms with Gasteiger partial charge in [-0.1, -0.05) is 11.8 Å². The highest BCUT2D eigenvalue weighted by molar-refractivity contribution is 8.12. The summed E-state index contributed by atoms with van der Waals surface area (Å²) in [7, 11) is 0. The Balaban J connectivity index is 2.97. The SMILES string of the molecule is O=[C]SCC(=O)O. The topological polar surface area (TPSA) is 54.4 Å². The van der Waals surface area contributed by atoms with Gasteiger partial charge in [0.05, 0.1) is 5.75 Å². The van der Waals surface area contributed by atoms with Gasteiger partial charge in [-0.2, -0.15) is 0 Å². The van der Waals surface area contributed by atoms with Crippen LogP contribution < -0.4 is 0 Å². The van der Waals surface area contributed by atoms with E-state index < -0.39 is 5.97 Å². The van der Waals surface area contributed by atoms with E-state index in [1.165, 1.54) is 5.62 Å². The van der Waals surface area contributed by atoms with Gasteiger partial charge in [-0.05, 0) is 0 Å². The van der Waals surface area contributed by atoms with Crippen LogP contribution in [0.5, 0.6) is 0 Å². The minimum Gasteiger partial charge on any atom is -0.481 e. The molecule has 0 saturated heterocycles. The molecule has 0 saturated carbocycles. The lowest BCUT2D eigenvalue weighted by Gasteiger charge is -1.78. The van der Waals surface area contributed by atoms with Crippen LogP contribution in [0.1, 0.15) is 0 Å². The number of hydrogen-bond donors (Lipinski definition) is 1. The number of rotatable bonds is 3. The minimum atomic E-state index is -0.992. The first kappa shape index (κ1) is 6.49. The Morgan fingerprint density at radius 3 is 2.57 bits per heavy atom. The molecule has 0 aromatic carbocycles.